The molecule has 2 aliphatic heterocycles. The number of hydrogen-bond donors (Lipinski definition) is 0. The van der Waals surface area contributed by atoms with Crippen LogP contribution >= 0.6 is 0 Å². The lowest BCUT2D eigenvalue weighted by Gasteiger charge is -2.48. The van der Waals surface area contributed by atoms with Gasteiger partial charge in [-0.3, -0.25) is 9.69 Å². The fourth-order valence-electron chi connectivity index (χ4n) is 8.42. The number of fused-ring (bicyclic) bond motifs is 5. The number of hydrogen-bond acceptors (Lipinski definition) is 4. The van der Waals surface area contributed by atoms with Gasteiger partial charge in [0.1, 0.15) is 5.78 Å². The van der Waals surface area contributed by atoms with Crippen LogP contribution in [0.2, 0.25) is 0 Å². The Balaban J connectivity index is 1.21. The minimum atomic E-state index is -0.0168. The monoisotopic (exact) mass is 450 g/mol. The summed E-state index contributed by atoms with van der Waals surface area (Å²) in [5.41, 5.74) is 6.32. The second-order valence-corrected chi connectivity index (χ2v) is 11.7. The van der Waals surface area contributed by atoms with Crippen molar-refractivity contribution in [3.8, 4) is 0 Å². The molecule has 6 rings (SSSR count). The molecule has 180 valence electrons. The summed E-state index contributed by atoms with van der Waals surface area (Å²) in [5.74, 6) is 2.59. The molecule has 2 heterocycles. The normalized spacial score (nSPS) is 35.3. The number of morpholine rings is 1. The van der Waals surface area contributed by atoms with E-state index in [-0.39, 0.29) is 5.41 Å². The lowest BCUT2D eigenvalue weighted by atomic mass is 9.55. The second kappa shape index (κ2) is 8.68. The molecule has 4 nitrogen and oxygen atoms in total. The zero-order chi connectivity index (χ0) is 22.6. The highest BCUT2D eigenvalue weighted by molar-refractivity contribution is 5.87. The van der Waals surface area contributed by atoms with Crippen molar-refractivity contribution in [1.29, 1.82) is 0 Å². The van der Waals surface area contributed by atoms with Gasteiger partial charge in [0.15, 0.2) is 0 Å². The van der Waals surface area contributed by atoms with E-state index in [0.29, 0.717) is 17.6 Å². The van der Waals surface area contributed by atoms with Gasteiger partial charge in [-0.2, -0.15) is 0 Å². The minimum absolute atomic E-state index is 0.0168. The van der Waals surface area contributed by atoms with Crippen LogP contribution in [0.4, 0.5) is 5.69 Å². The molecule has 4 atom stereocenters. The molecule has 2 saturated carbocycles. The van der Waals surface area contributed by atoms with Gasteiger partial charge < -0.3 is 9.64 Å². The first-order chi connectivity index (χ1) is 16.1. The SMILES string of the molecule is CCc1cc2c(cc1N1CCC(N3CCOCC3)CC1)CCC1C2CCC2(C)C(=O)CCC12. The summed E-state index contributed by atoms with van der Waals surface area (Å²) in [6.45, 7) is 11.0. The van der Waals surface area contributed by atoms with Crippen LogP contribution in [-0.4, -0.2) is 56.1 Å². The molecule has 5 aliphatic rings. The van der Waals surface area contributed by atoms with E-state index in [1.807, 2.05) is 0 Å². The molecule has 1 aromatic carbocycles. The van der Waals surface area contributed by atoms with Crippen molar-refractivity contribution in [2.75, 3.05) is 44.3 Å². The number of carbonyl (C=O) groups excluding carboxylic acids is 1. The highest BCUT2D eigenvalue weighted by atomic mass is 16.5. The van der Waals surface area contributed by atoms with E-state index < -0.39 is 0 Å². The first-order valence-electron chi connectivity index (χ1n) is 13.8. The quantitative estimate of drug-likeness (QED) is 0.651. The molecule has 1 aromatic rings. The first-order valence-corrected chi connectivity index (χ1v) is 13.8. The second-order valence-electron chi connectivity index (χ2n) is 11.7. The third-order valence-electron chi connectivity index (χ3n) is 10.4. The molecule has 33 heavy (non-hydrogen) atoms. The lowest BCUT2D eigenvalue weighted by molar-refractivity contribution is -0.129. The number of nitrogens with zero attached hydrogens (tertiary/aromatic N) is 2. The Morgan fingerprint density at radius 3 is 2.55 bits per heavy atom. The Kier molecular flexibility index (Phi) is 5.81. The minimum Gasteiger partial charge on any atom is -0.379 e. The average Bonchev–Trinajstić information content (AvgIpc) is 3.18. The molecule has 0 aromatic heterocycles. The van der Waals surface area contributed by atoms with E-state index in [0.717, 1.165) is 63.9 Å². The van der Waals surface area contributed by atoms with Crippen LogP contribution in [0, 0.1) is 17.3 Å². The van der Waals surface area contributed by atoms with E-state index in [4.69, 9.17) is 4.74 Å². The van der Waals surface area contributed by atoms with E-state index in [9.17, 15) is 4.79 Å². The van der Waals surface area contributed by atoms with Gasteiger partial charge >= 0.3 is 0 Å². The number of rotatable bonds is 3. The van der Waals surface area contributed by atoms with Crippen molar-refractivity contribution in [1.82, 2.24) is 4.90 Å². The van der Waals surface area contributed by atoms with E-state index in [2.05, 4.69) is 35.8 Å². The predicted molar refractivity (Wildman–Crippen MR) is 133 cm³/mol. The van der Waals surface area contributed by atoms with Gasteiger partial charge in [-0.25, -0.2) is 0 Å². The van der Waals surface area contributed by atoms with Crippen molar-refractivity contribution in [3.63, 3.8) is 0 Å². The number of ether oxygens (including phenoxy) is 1. The molecule has 0 spiro atoms. The summed E-state index contributed by atoms with van der Waals surface area (Å²) in [7, 11) is 0. The Hall–Kier alpha value is -1.39. The molecule has 0 bridgehead atoms. The molecule has 2 saturated heterocycles. The van der Waals surface area contributed by atoms with Crippen molar-refractivity contribution < 1.29 is 9.53 Å². The number of ketones is 1. The lowest BCUT2D eigenvalue weighted by Crippen LogP contribution is -2.49. The van der Waals surface area contributed by atoms with Crippen molar-refractivity contribution >= 4 is 11.5 Å². The Morgan fingerprint density at radius 1 is 1.00 bits per heavy atom. The van der Waals surface area contributed by atoms with Gasteiger partial charge in [0.2, 0.25) is 0 Å². The fraction of sp³-hybridized carbons (Fsp3) is 0.759. The van der Waals surface area contributed by atoms with Crippen molar-refractivity contribution in [2.24, 2.45) is 17.3 Å². The third-order valence-corrected chi connectivity index (χ3v) is 10.4. The summed E-state index contributed by atoms with van der Waals surface area (Å²) in [5, 5.41) is 0. The zero-order valence-electron chi connectivity index (χ0n) is 20.8. The Labute approximate surface area is 200 Å². The molecule has 0 radical (unpaired) electrons. The highest BCUT2D eigenvalue weighted by Gasteiger charge is 2.54. The average molecular weight is 451 g/mol. The summed E-state index contributed by atoms with van der Waals surface area (Å²) in [6, 6.07) is 5.93. The van der Waals surface area contributed by atoms with Gasteiger partial charge in [-0.05, 0) is 91.9 Å². The van der Waals surface area contributed by atoms with Gasteiger partial charge in [-0.15, -0.1) is 0 Å². The van der Waals surface area contributed by atoms with Crippen LogP contribution in [0.3, 0.4) is 0 Å². The fourth-order valence-corrected chi connectivity index (χ4v) is 8.42. The van der Waals surface area contributed by atoms with Gasteiger partial charge in [0.05, 0.1) is 13.2 Å². The molecule has 4 unspecified atom stereocenters. The maximum absolute atomic E-state index is 12.7. The van der Waals surface area contributed by atoms with Crippen LogP contribution in [0.5, 0.6) is 0 Å². The topological polar surface area (TPSA) is 32.8 Å². The van der Waals surface area contributed by atoms with E-state index in [1.165, 1.54) is 50.9 Å². The van der Waals surface area contributed by atoms with Crippen LogP contribution in [0.25, 0.3) is 0 Å². The Morgan fingerprint density at radius 2 is 1.79 bits per heavy atom. The maximum Gasteiger partial charge on any atom is 0.139 e. The first kappa shape index (κ1) is 22.1. The van der Waals surface area contributed by atoms with Crippen LogP contribution in [0.15, 0.2) is 12.1 Å². The highest BCUT2D eigenvalue weighted by Crippen LogP contribution is 2.59. The summed E-state index contributed by atoms with van der Waals surface area (Å²) in [4.78, 5) is 18.0. The maximum atomic E-state index is 12.7. The van der Waals surface area contributed by atoms with E-state index >= 15 is 0 Å². The van der Waals surface area contributed by atoms with Crippen LogP contribution < -0.4 is 4.90 Å². The molecule has 4 fully saturated rings. The standard InChI is InChI=1S/C29H42N2O2/c1-3-20-18-25-21(4-5-24-23(25)8-11-29(2)26(24)6-7-28(29)32)19-27(20)31-12-9-22(10-13-31)30-14-16-33-17-15-30/h18-19,22-24,26H,3-17H2,1-2H3. The Bertz CT molecular complexity index is 899. The summed E-state index contributed by atoms with van der Waals surface area (Å²) < 4.78 is 5.57. The number of carbonyl (C=O) groups is 1. The molecule has 4 heteroatoms. The number of piperidine rings is 1. The zero-order valence-corrected chi connectivity index (χ0v) is 20.8. The van der Waals surface area contributed by atoms with Gasteiger partial charge in [0, 0.05) is 49.7 Å². The van der Waals surface area contributed by atoms with Gasteiger partial charge in [-0.1, -0.05) is 19.9 Å². The smallest absolute Gasteiger partial charge is 0.139 e. The molecular formula is C29H42N2O2. The largest absolute Gasteiger partial charge is 0.379 e. The van der Waals surface area contributed by atoms with Crippen LogP contribution in [-0.2, 0) is 22.4 Å². The predicted octanol–water partition coefficient (Wildman–Crippen LogP) is 4.98. The van der Waals surface area contributed by atoms with Gasteiger partial charge in [0.25, 0.3) is 0 Å². The number of Topliss-reactive ketones (excluding diaryl/α,β-unsaturated/α-hetero) is 1. The molecule has 0 N–H and O–H groups in total. The third kappa shape index (κ3) is 3.67. The van der Waals surface area contributed by atoms with E-state index in [1.54, 1.807) is 16.7 Å². The van der Waals surface area contributed by atoms with Crippen molar-refractivity contribution in [3.05, 3.63) is 28.8 Å². The van der Waals surface area contributed by atoms with Crippen LogP contribution in [0.1, 0.15) is 81.4 Å². The summed E-state index contributed by atoms with van der Waals surface area (Å²) >= 11 is 0. The molecular weight excluding hydrogens is 408 g/mol. The number of benzene rings is 1. The number of anilines is 1. The van der Waals surface area contributed by atoms with Crippen molar-refractivity contribution in [2.45, 2.75) is 83.6 Å². The molecule has 3 aliphatic carbocycles. The number of aryl methyl sites for hydroxylation is 2. The summed E-state index contributed by atoms with van der Waals surface area (Å²) in [6.07, 6.45) is 10.5. The molecule has 0 amide bonds.